The normalized spacial score (nSPS) is 13.8. The van der Waals surface area contributed by atoms with Gasteiger partial charge in [-0.1, -0.05) is 30.4 Å². The van der Waals surface area contributed by atoms with Gasteiger partial charge in [-0.15, -0.1) is 10.2 Å². The average molecular weight is 369 g/mol. The first-order valence-corrected chi connectivity index (χ1v) is 9.66. The molecule has 7 nitrogen and oxygen atoms in total. The Labute approximate surface area is 154 Å². The second-order valence-electron chi connectivity index (χ2n) is 6.32. The summed E-state index contributed by atoms with van der Waals surface area (Å²) in [7, 11) is 0. The van der Waals surface area contributed by atoms with Crippen LogP contribution in [0.3, 0.4) is 0 Å². The maximum Gasteiger partial charge on any atom is 0.261 e. The summed E-state index contributed by atoms with van der Waals surface area (Å²) in [6.45, 7) is 2.55. The first kappa shape index (κ1) is 16.8. The van der Waals surface area contributed by atoms with Gasteiger partial charge in [0.05, 0.1) is 11.1 Å². The van der Waals surface area contributed by atoms with Crippen LogP contribution in [0.1, 0.15) is 57.7 Å². The minimum Gasteiger partial charge on any atom is -0.274 e. The molecule has 1 aromatic carbocycles. The van der Waals surface area contributed by atoms with Gasteiger partial charge in [0.2, 0.25) is 4.96 Å². The molecule has 2 aromatic heterocycles. The fourth-order valence-corrected chi connectivity index (χ4v) is 4.06. The number of carbonyl (C=O) groups excluding carboxylic acids is 2. The van der Waals surface area contributed by atoms with E-state index in [0.717, 1.165) is 47.9 Å². The van der Waals surface area contributed by atoms with Crippen molar-refractivity contribution >= 4 is 28.1 Å². The van der Waals surface area contributed by atoms with E-state index >= 15 is 0 Å². The SMILES string of the molecule is CCCc1nnc2sc(CCCCN3C(=O)c4ccccc4C3=O)nn12. The monoisotopic (exact) mass is 369 g/mol. The molecular formula is C18H19N5O2S. The quantitative estimate of drug-likeness (QED) is 0.472. The molecule has 2 amide bonds. The molecule has 0 aliphatic carbocycles. The molecule has 0 bridgehead atoms. The number of aryl methyl sites for hydroxylation is 2. The topological polar surface area (TPSA) is 80.5 Å². The summed E-state index contributed by atoms with van der Waals surface area (Å²) in [5.74, 6) is 0.526. The smallest absolute Gasteiger partial charge is 0.261 e. The van der Waals surface area contributed by atoms with E-state index in [1.54, 1.807) is 35.6 Å². The molecule has 26 heavy (non-hydrogen) atoms. The maximum atomic E-state index is 12.3. The van der Waals surface area contributed by atoms with Crippen molar-refractivity contribution in [3.8, 4) is 0 Å². The van der Waals surface area contributed by atoms with Gasteiger partial charge in [-0.3, -0.25) is 14.5 Å². The number of benzene rings is 1. The van der Waals surface area contributed by atoms with Gasteiger partial charge in [-0.05, 0) is 31.4 Å². The zero-order valence-corrected chi connectivity index (χ0v) is 15.3. The predicted molar refractivity (Wildman–Crippen MR) is 97.4 cm³/mol. The molecular weight excluding hydrogens is 350 g/mol. The summed E-state index contributed by atoms with van der Waals surface area (Å²) >= 11 is 1.55. The van der Waals surface area contributed by atoms with Crippen molar-refractivity contribution in [2.75, 3.05) is 6.54 Å². The molecule has 3 heterocycles. The molecule has 0 saturated carbocycles. The molecule has 134 valence electrons. The van der Waals surface area contributed by atoms with Crippen LogP contribution in [0.15, 0.2) is 24.3 Å². The van der Waals surface area contributed by atoms with Gasteiger partial charge >= 0.3 is 0 Å². The first-order chi connectivity index (χ1) is 12.7. The van der Waals surface area contributed by atoms with Crippen molar-refractivity contribution in [2.24, 2.45) is 0 Å². The van der Waals surface area contributed by atoms with E-state index in [9.17, 15) is 9.59 Å². The van der Waals surface area contributed by atoms with Crippen LogP contribution in [0.4, 0.5) is 0 Å². The highest BCUT2D eigenvalue weighted by Crippen LogP contribution is 2.23. The third-order valence-electron chi connectivity index (χ3n) is 4.47. The summed E-state index contributed by atoms with van der Waals surface area (Å²) in [6, 6.07) is 6.99. The molecule has 4 rings (SSSR count). The van der Waals surface area contributed by atoms with E-state index in [1.807, 2.05) is 4.52 Å². The largest absolute Gasteiger partial charge is 0.274 e. The highest BCUT2D eigenvalue weighted by molar-refractivity contribution is 7.16. The molecule has 0 saturated heterocycles. The molecule has 1 aliphatic heterocycles. The van der Waals surface area contributed by atoms with Crippen LogP contribution in [0.2, 0.25) is 0 Å². The van der Waals surface area contributed by atoms with Crippen molar-refractivity contribution in [3.63, 3.8) is 0 Å². The summed E-state index contributed by atoms with van der Waals surface area (Å²) in [5, 5.41) is 13.9. The number of imide groups is 1. The number of nitrogens with zero attached hydrogens (tertiary/aromatic N) is 5. The third-order valence-corrected chi connectivity index (χ3v) is 5.43. The number of amides is 2. The Kier molecular flexibility index (Phi) is 4.50. The van der Waals surface area contributed by atoms with Crippen molar-refractivity contribution in [3.05, 3.63) is 46.2 Å². The molecule has 8 heteroatoms. The lowest BCUT2D eigenvalue weighted by Gasteiger charge is -2.12. The van der Waals surface area contributed by atoms with Crippen molar-refractivity contribution < 1.29 is 9.59 Å². The van der Waals surface area contributed by atoms with Crippen LogP contribution in [-0.4, -0.2) is 43.1 Å². The number of rotatable bonds is 7. The van der Waals surface area contributed by atoms with Crippen molar-refractivity contribution in [2.45, 2.75) is 39.0 Å². The highest BCUT2D eigenvalue weighted by atomic mass is 32.1. The van der Waals surface area contributed by atoms with E-state index < -0.39 is 0 Å². The summed E-state index contributed by atoms with van der Waals surface area (Å²) in [6.07, 6.45) is 4.30. The lowest BCUT2D eigenvalue weighted by Crippen LogP contribution is -2.30. The molecule has 3 aromatic rings. The van der Waals surface area contributed by atoms with Crippen LogP contribution >= 0.6 is 11.3 Å². The number of hydrogen-bond donors (Lipinski definition) is 0. The Hall–Kier alpha value is -2.61. The van der Waals surface area contributed by atoms with Crippen LogP contribution in [-0.2, 0) is 12.8 Å². The molecule has 0 radical (unpaired) electrons. The van der Waals surface area contributed by atoms with Gasteiger partial charge in [0.1, 0.15) is 5.01 Å². The van der Waals surface area contributed by atoms with Gasteiger partial charge < -0.3 is 0 Å². The Balaban J connectivity index is 1.33. The molecule has 1 aliphatic rings. The number of fused-ring (bicyclic) bond motifs is 2. The predicted octanol–water partition coefficient (Wildman–Crippen LogP) is 2.76. The molecule has 0 unspecified atom stereocenters. The summed E-state index contributed by atoms with van der Waals surface area (Å²) in [4.78, 5) is 26.8. The average Bonchev–Trinajstić information content (AvgIpc) is 3.28. The lowest BCUT2D eigenvalue weighted by molar-refractivity contribution is 0.0652. The highest BCUT2D eigenvalue weighted by Gasteiger charge is 2.34. The molecule has 0 fully saturated rings. The number of hydrogen-bond acceptors (Lipinski definition) is 6. The maximum absolute atomic E-state index is 12.3. The fourth-order valence-electron chi connectivity index (χ4n) is 3.17. The number of carbonyl (C=O) groups is 2. The fraction of sp³-hybridized carbons (Fsp3) is 0.389. The second kappa shape index (κ2) is 6.95. The summed E-state index contributed by atoms with van der Waals surface area (Å²) in [5.41, 5.74) is 1.02. The second-order valence-corrected chi connectivity index (χ2v) is 7.36. The number of aromatic nitrogens is 4. The minimum absolute atomic E-state index is 0.186. The van der Waals surface area contributed by atoms with Gasteiger partial charge in [0.25, 0.3) is 11.8 Å². The summed E-state index contributed by atoms with van der Waals surface area (Å²) < 4.78 is 1.83. The van der Waals surface area contributed by atoms with Crippen LogP contribution in [0.25, 0.3) is 4.96 Å². The Morgan fingerprint density at radius 3 is 2.42 bits per heavy atom. The molecule has 0 spiro atoms. The van der Waals surface area contributed by atoms with Gasteiger partial charge in [0.15, 0.2) is 5.82 Å². The minimum atomic E-state index is -0.186. The Bertz CT molecular complexity index is 942. The zero-order valence-electron chi connectivity index (χ0n) is 14.5. The standard InChI is InChI=1S/C18H19N5O2S/c1-2-7-14-19-20-18-23(14)21-15(26-18)10-5-6-11-22-16(24)12-8-3-4-9-13(12)17(22)25/h3-4,8-9H,2,5-7,10-11H2,1H3. The van der Waals surface area contributed by atoms with Gasteiger partial charge in [-0.2, -0.15) is 9.61 Å². The van der Waals surface area contributed by atoms with Gasteiger partial charge in [0, 0.05) is 19.4 Å². The van der Waals surface area contributed by atoms with E-state index in [2.05, 4.69) is 22.2 Å². The van der Waals surface area contributed by atoms with E-state index in [1.165, 1.54) is 4.90 Å². The van der Waals surface area contributed by atoms with E-state index in [4.69, 9.17) is 0 Å². The first-order valence-electron chi connectivity index (χ1n) is 8.84. The van der Waals surface area contributed by atoms with Gasteiger partial charge in [-0.25, -0.2) is 0 Å². The zero-order chi connectivity index (χ0) is 18.1. The molecule has 0 N–H and O–H groups in total. The van der Waals surface area contributed by atoms with Crippen molar-refractivity contribution in [1.29, 1.82) is 0 Å². The molecule has 0 atom stereocenters. The lowest BCUT2D eigenvalue weighted by atomic mass is 10.1. The third kappa shape index (κ3) is 2.90. The van der Waals surface area contributed by atoms with E-state index in [-0.39, 0.29) is 11.8 Å². The van der Waals surface area contributed by atoms with Crippen molar-refractivity contribution in [1.82, 2.24) is 24.7 Å². The van der Waals surface area contributed by atoms with Crippen LogP contribution in [0.5, 0.6) is 0 Å². The number of unbranched alkanes of at least 4 members (excludes halogenated alkanes) is 1. The Morgan fingerprint density at radius 2 is 1.73 bits per heavy atom. The van der Waals surface area contributed by atoms with Crippen LogP contribution in [0, 0.1) is 0 Å². The van der Waals surface area contributed by atoms with Crippen LogP contribution < -0.4 is 0 Å². The van der Waals surface area contributed by atoms with E-state index in [0.29, 0.717) is 17.7 Å². The Morgan fingerprint density at radius 1 is 1.00 bits per heavy atom.